The Morgan fingerprint density at radius 3 is 2.67 bits per heavy atom. The zero-order valence-corrected chi connectivity index (χ0v) is 13.3. The molecule has 0 radical (unpaired) electrons. The molecule has 0 N–H and O–H groups in total. The molecule has 0 saturated carbocycles. The number of carbonyl (C=O) groups is 1. The Morgan fingerprint density at radius 2 is 2.00 bits per heavy atom. The van der Waals surface area contributed by atoms with E-state index in [0.29, 0.717) is 31.7 Å². The topological polar surface area (TPSA) is 64.5 Å². The van der Waals surface area contributed by atoms with Crippen LogP contribution in [0.3, 0.4) is 0 Å². The Hall–Kier alpha value is -2.70. The van der Waals surface area contributed by atoms with Gasteiger partial charge in [0.05, 0.1) is 25.5 Å². The van der Waals surface area contributed by atoms with E-state index >= 15 is 0 Å². The average Bonchev–Trinajstić information content (AvgIpc) is 3.06. The molecule has 7 heteroatoms. The average molecular weight is 331 g/mol. The molecular weight excluding hydrogens is 313 g/mol. The molecule has 1 unspecified atom stereocenters. The maximum atomic E-state index is 12.8. The summed E-state index contributed by atoms with van der Waals surface area (Å²) in [5.74, 6) is 0.176. The first-order valence-electron chi connectivity index (χ1n) is 7.82. The molecule has 1 saturated heterocycles. The van der Waals surface area contributed by atoms with Crippen LogP contribution in [0, 0.1) is 5.82 Å². The van der Waals surface area contributed by atoms with Crippen LogP contribution in [0.2, 0.25) is 0 Å². The maximum absolute atomic E-state index is 12.8. The van der Waals surface area contributed by atoms with E-state index < -0.39 is 5.82 Å². The van der Waals surface area contributed by atoms with Gasteiger partial charge in [0.1, 0.15) is 11.9 Å². The summed E-state index contributed by atoms with van der Waals surface area (Å²) in [6, 6.07) is 7.20. The van der Waals surface area contributed by atoms with Crippen molar-refractivity contribution in [3.8, 4) is 11.8 Å². The molecule has 1 amide bonds. The van der Waals surface area contributed by atoms with Crippen molar-refractivity contribution in [2.24, 2.45) is 0 Å². The van der Waals surface area contributed by atoms with Gasteiger partial charge in [-0.2, -0.15) is 0 Å². The second-order valence-electron chi connectivity index (χ2n) is 5.42. The van der Waals surface area contributed by atoms with E-state index in [-0.39, 0.29) is 18.0 Å². The molecule has 1 atom stereocenters. The van der Waals surface area contributed by atoms with Crippen LogP contribution in [0.25, 0.3) is 0 Å². The number of ether oxygens (including phenoxy) is 2. The van der Waals surface area contributed by atoms with Crippen molar-refractivity contribution >= 4 is 5.91 Å². The molecule has 0 aliphatic carbocycles. The summed E-state index contributed by atoms with van der Waals surface area (Å²) in [5, 5.41) is 0. The van der Waals surface area contributed by atoms with Gasteiger partial charge in [-0.05, 0) is 31.2 Å². The minimum atomic E-state index is -0.513. The third kappa shape index (κ3) is 3.79. The first kappa shape index (κ1) is 16.2. The summed E-state index contributed by atoms with van der Waals surface area (Å²) in [6.07, 6.45) is 2.60. The highest BCUT2D eigenvalue weighted by Crippen LogP contribution is 2.19. The fourth-order valence-corrected chi connectivity index (χ4v) is 2.56. The Labute approximate surface area is 139 Å². The van der Waals surface area contributed by atoms with Crippen molar-refractivity contribution < 1.29 is 18.7 Å². The minimum absolute atomic E-state index is 0.0517. The molecule has 1 aromatic heterocycles. The van der Waals surface area contributed by atoms with E-state index in [1.165, 1.54) is 0 Å². The van der Waals surface area contributed by atoms with E-state index in [1.807, 2.05) is 6.92 Å². The van der Waals surface area contributed by atoms with Gasteiger partial charge in [0.2, 0.25) is 0 Å². The zero-order chi connectivity index (χ0) is 16.9. The number of benzene rings is 1. The lowest BCUT2D eigenvalue weighted by Crippen LogP contribution is -2.31. The Bertz CT molecular complexity index is 691. The lowest BCUT2D eigenvalue weighted by molar-refractivity contribution is 0.0769. The largest absolute Gasteiger partial charge is 0.494 e. The van der Waals surface area contributed by atoms with E-state index in [4.69, 9.17) is 9.47 Å². The number of aromatic nitrogens is 2. The van der Waals surface area contributed by atoms with E-state index in [9.17, 15) is 9.18 Å². The SMILES string of the molecule is CCOc1ccc(C(=O)N2CCC(Oc3ncc(F)cn3)C2)cc1. The first-order valence-corrected chi connectivity index (χ1v) is 7.82. The Kier molecular flexibility index (Phi) is 4.88. The quantitative estimate of drug-likeness (QED) is 0.841. The molecule has 1 fully saturated rings. The van der Waals surface area contributed by atoms with Crippen LogP contribution in [-0.4, -0.2) is 46.6 Å². The summed E-state index contributed by atoms with van der Waals surface area (Å²) in [6.45, 7) is 3.54. The summed E-state index contributed by atoms with van der Waals surface area (Å²) in [4.78, 5) is 21.8. The molecule has 1 aliphatic heterocycles. The number of carbonyl (C=O) groups excluding carboxylic acids is 1. The summed E-state index contributed by atoms with van der Waals surface area (Å²) < 4.78 is 23.8. The standard InChI is InChI=1S/C17H18FN3O3/c1-2-23-14-5-3-12(4-6-14)16(22)21-8-7-15(11-21)24-17-19-9-13(18)10-20-17/h3-6,9-10,15H,2,7-8,11H2,1H3. The minimum Gasteiger partial charge on any atom is -0.494 e. The Balaban J connectivity index is 1.58. The van der Waals surface area contributed by atoms with Gasteiger partial charge in [-0.25, -0.2) is 14.4 Å². The third-order valence-corrected chi connectivity index (χ3v) is 3.71. The van der Waals surface area contributed by atoms with Crippen LogP contribution in [0.1, 0.15) is 23.7 Å². The summed E-state index contributed by atoms with van der Waals surface area (Å²) in [5.41, 5.74) is 0.608. The van der Waals surface area contributed by atoms with Crippen molar-refractivity contribution in [1.29, 1.82) is 0 Å². The Morgan fingerprint density at radius 1 is 1.29 bits per heavy atom. The van der Waals surface area contributed by atoms with Gasteiger partial charge >= 0.3 is 6.01 Å². The number of amides is 1. The van der Waals surface area contributed by atoms with Crippen molar-refractivity contribution in [3.63, 3.8) is 0 Å². The molecule has 6 nitrogen and oxygen atoms in total. The van der Waals surface area contributed by atoms with Crippen LogP contribution in [0.5, 0.6) is 11.8 Å². The molecule has 0 spiro atoms. The summed E-state index contributed by atoms with van der Waals surface area (Å²) >= 11 is 0. The van der Waals surface area contributed by atoms with Gasteiger partial charge in [-0.15, -0.1) is 0 Å². The molecule has 24 heavy (non-hydrogen) atoms. The van der Waals surface area contributed by atoms with Crippen molar-refractivity contribution in [2.45, 2.75) is 19.4 Å². The maximum Gasteiger partial charge on any atom is 0.316 e. The zero-order valence-electron chi connectivity index (χ0n) is 13.3. The van der Waals surface area contributed by atoms with Crippen molar-refractivity contribution in [1.82, 2.24) is 14.9 Å². The van der Waals surface area contributed by atoms with Crippen molar-refractivity contribution in [2.75, 3.05) is 19.7 Å². The number of nitrogens with zero attached hydrogens (tertiary/aromatic N) is 3. The lowest BCUT2D eigenvalue weighted by atomic mass is 10.2. The van der Waals surface area contributed by atoms with E-state index in [1.54, 1.807) is 29.2 Å². The summed E-state index contributed by atoms with van der Waals surface area (Å²) in [7, 11) is 0. The van der Waals surface area contributed by atoms with E-state index in [0.717, 1.165) is 18.1 Å². The van der Waals surface area contributed by atoms with Gasteiger partial charge in [-0.1, -0.05) is 0 Å². The second kappa shape index (κ2) is 7.25. The van der Waals surface area contributed by atoms with Gasteiger partial charge in [0, 0.05) is 18.5 Å². The van der Waals surface area contributed by atoms with Gasteiger partial charge in [0.25, 0.3) is 5.91 Å². The van der Waals surface area contributed by atoms with Crippen LogP contribution in [0.4, 0.5) is 4.39 Å². The fraction of sp³-hybridized carbons (Fsp3) is 0.353. The van der Waals surface area contributed by atoms with Crippen LogP contribution in [0.15, 0.2) is 36.7 Å². The highest BCUT2D eigenvalue weighted by atomic mass is 19.1. The predicted octanol–water partition coefficient (Wildman–Crippen LogP) is 2.31. The number of hydrogen-bond acceptors (Lipinski definition) is 5. The molecule has 1 aliphatic rings. The number of rotatable bonds is 5. The third-order valence-electron chi connectivity index (χ3n) is 3.71. The van der Waals surface area contributed by atoms with Gasteiger partial charge < -0.3 is 14.4 Å². The second-order valence-corrected chi connectivity index (χ2v) is 5.42. The molecule has 2 heterocycles. The molecule has 126 valence electrons. The molecular formula is C17H18FN3O3. The van der Waals surface area contributed by atoms with Gasteiger partial charge in [0.15, 0.2) is 5.82 Å². The molecule has 1 aromatic carbocycles. The molecule has 0 bridgehead atoms. The first-order chi connectivity index (χ1) is 11.7. The fourth-order valence-electron chi connectivity index (χ4n) is 2.56. The number of halogens is 1. The highest BCUT2D eigenvalue weighted by molar-refractivity contribution is 5.94. The molecule has 3 rings (SSSR count). The monoisotopic (exact) mass is 331 g/mol. The number of likely N-dealkylation sites (tertiary alicyclic amines) is 1. The lowest BCUT2D eigenvalue weighted by Gasteiger charge is -2.17. The smallest absolute Gasteiger partial charge is 0.316 e. The van der Waals surface area contributed by atoms with Gasteiger partial charge in [-0.3, -0.25) is 4.79 Å². The predicted molar refractivity (Wildman–Crippen MR) is 84.5 cm³/mol. The highest BCUT2D eigenvalue weighted by Gasteiger charge is 2.28. The van der Waals surface area contributed by atoms with Crippen LogP contribution < -0.4 is 9.47 Å². The number of hydrogen-bond donors (Lipinski definition) is 0. The van der Waals surface area contributed by atoms with E-state index in [2.05, 4.69) is 9.97 Å². The normalized spacial score (nSPS) is 16.9. The van der Waals surface area contributed by atoms with Crippen LogP contribution in [-0.2, 0) is 0 Å². The van der Waals surface area contributed by atoms with Crippen molar-refractivity contribution in [3.05, 3.63) is 48.0 Å². The van der Waals surface area contributed by atoms with Crippen LogP contribution >= 0.6 is 0 Å². The molecule has 2 aromatic rings.